The molecule has 0 rings (SSSR count). The largest absolute Gasteiger partial charge is 0.299 e. The van der Waals surface area contributed by atoms with Gasteiger partial charge in [-0.05, 0) is 6.92 Å². The lowest BCUT2D eigenvalue weighted by molar-refractivity contribution is -0.176. The lowest BCUT2D eigenvalue weighted by Gasteiger charge is -1.69. The molecule has 0 spiro atoms. The second-order valence-electron chi connectivity index (χ2n) is 0.836. The molecule has 0 aliphatic heterocycles. The van der Waals surface area contributed by atoms with E-state index >= 15 is 0 Å². The lowest BCUT2D eigenvalue weighted by Crippen LogP contribution is -1.86. The van der Waals surface area contributed by atoms with Gasteiger partial charge in [-0.2, -0.15) is 0 Å². The van der Waals surface area contributed by atoms with Crippen LogP contribution in [0.2, 0.25) is 0 Å². The highest BCUT2D eigenvalue weighted by atomic mass is 35.5. The second kappa shape index (κ2) is 9.30. The molecule has 0 atom stereocenters. The maximum Gasteiger partial charge on any atom is 0.144 e. The van der Waals surface area contributed by atoms with Gasteiger partial charge in [0, 0.05) is 0 Å². The van der Waals surface area contributed by atoms with Crippen LogP contribution in [-0.2, 0) is 4.79 Å². The fraction of sp³-hybridized carbons (Fsp3) is 0.667. The summed E-state index contributed by atoms with van der Waals surface area (Å²) in [5, 5.41) is 12.0. The quantitative estimate of drug-likeness (QED) is 0.311. The first kappa shape index (κ1) is 9.99. The molecule has 0 radical (unpaired) electrons. The van der Waals surface area contributed by atoms with E-state index in [1.54, 1.807) is 0 Å². The van der Waals surface area contributed by atoms with Gasteiger partial charge in [-0.25, -0.2) is 0 Å². The van der Waals surface area contributed by atoms with E-state index in [0.717, 1.165) is 0 Å². The van der Waals surface area contributed by atoms with Gasteiger partial charge < -0.3 is 0 Å². The predicted octanol–water partition coefficient (Wildman–Crippen LogP) is 0.832. The molecule has 0 saturated carbocycles. The van der Waals surface area contributed by atoms with Crippen molar-refractivity contribution in [1.29, 1.82) is 0 Å². The van der Waals surface area contributed by atoms with Gasteiger partial charge in [-0.15, -0.1) is 11.6 Å². The molecule has 44 valence electrons. The van der Waals surface area contributed by atoms with Crippen molar-refractivity contribution in [1.82, 2.24) is 0 Å². The highest BCUT2D eigenvalue weighted by Crippen LogP contribution is 1.71. The molecule has 0 unspecified atom stereocenters. The van der Waals surface area contributed by atoms with Gasteiger partial charge >= 0.3 is 0 Å². The molecule has 2 N–H and O–H groups in total. The van der Waals surface area contributed by atoms with Crippen LogP contribution in [-0.4, -0.2) is 22.2 Å². The Bertz CT molecular complexity index is 45.4. The van der Waals surface area contributed by atoms with E-state index in [0.29, 0.717) is 0 Å². The summed E-state index contributed by atoms with van der Waals surface area (Å²) < 4.78 is 0. The smallest absolute Gasteiger partial charge is 0.144 e. The van der Waals surface area contributed by atoms with Crippen LogP contribution < -0.4 is 0 Å². The van der Waals surface area contributed by atoms with Crippen molar-refractivity contribution in [2.75, 3.05) is 5.88 Å². The van der Waals surface area contributed by atoms with Crippen LogP contribution in [0.1, 0.15) is 6.92 Å². The molecule has 4 heteroatoms. The van der Waals surface area contributed by atoms with E-state index in [4.69, 9.17) is 22.1 Å². The first-order valence-electron chi connectivity index (χ1n) is 1.52. The standard InChI is InChI=1S/C3H5ClO.H2O2/c1-3(5)2-4;1-2/h2H2,1H3;1-2H. The highest BCUT2D eigenvalue weighted by Gasteiger charge is 1.79. The summed E-state index contributed by atoms with van der Waals surface area (Å²) in [5.74, 6) is 0.159. The van der Waals surface area contributed by atoms with Gasteiger partial charge in [0.05, 0.1) is 5.88 Å². The van der Waals surface area contributed by atoms with Gasteiger partial charge in [0.2, 0.25) is 0 Å². The fourth-order valence-electron chi connectivity index (χ4n) is 0. The molecule has 0 aliphatic carbocycles. The molecule has 3 nitrogen and oxygen atoms in total. The molecule has 0 aromatic rings. The second-order valence-corrected chi connectivity index (χ2v) is 1.10. The highest BCUT2D eigenvalue weighted by molar-refractivity contribution is 6.27. The maximum atomic E-state index is 9.68. The maximum absolute atomic E-state index is 9.68. The summed E-state index contributed by atoms with van der Waals surface area (Å²) in [6.07, 6.45) is 0. The zero-order valence-electron chi connectivity index (χ0n) is 3.89. The van der Waals surface area contributed by atoms with Gasteiger partial charge in [-0.3, -0.25) is 15.3 Å². The molecule has 0 aromatic carbocycles. The number of hydrogen-bond donors (Lipinski definition) is 2. The van der Waals surface area contributed by atoms with Crippen molar-refractivity contribution in [3.05, 3.63) is 0 Å². The zero-order chi connectivity index (χ0) is 6.28. The third kappa shape index (κ3) is 25.0. The fourth-order valence-corrected chi connectivity index (χ4v) is 0. The number of halogens is 1. The Morgan fingerprint density at radius 1 is 1.71 bits per heavy atom. The minimum absolute atomic E-state index is 0.0201. The van der Waals surface area contributed by atoms with Gasteiger partial charge in [0.1, 0.15) is 5.78 Å². The summed E-state index contributed by atoms with van der Waals surface area (Å²) in [6, 6.07) is 0. The van der Waals surface area contributed by atoms with E-state index in [9.17, 15) is 4.79 Å². The Balaban J connectivity index is 0. The van der Waals surface area contributed by atoms with Crippen LogP contribution in [0.25, 0.3) is 0 Å². The van der Waals surface area contributed by atoms with Crippen molar-refractivity contribution in [2.24, 2.45) is 0 Å². The Kier molecular flexibility index (Phi) is 13.3. The average Bonchev–Trinajstić information content (AvgIpc) is 1.73. The number of rotatable bonds is 1. The van der Waals surface area contributed by atoms with E-state index in [1.807, 2.05) is 0 Å². The Morgan fingerprint density at radius 2 is 1.86 bits per heavy atom. The number of carbonyl (C=O) groups is 1. The molecular formula is C3H7ClO3. The molecule has 0 heterocycles. The summed E-state index contributed by atoms with van der Waals surface area (Å²) >= 11 is 4.99. The van der Waals surface area contributed by atoms with Gasteiger partial charge in [0.15, 0.2) is 0 Å². The molecule has 7 heavy (non-hydrogen) atoms. The van der Waals surface area contributed by atoms with Crippen LogP contribution in [0, 0.1) is 0 Å². The Morgan fingerprint density at radius 3 is 1.86 bits per heavy atom. The van der Waals surface area contributed by atoms with Crippen molar-refractivity contribution in [3.63, 3.8) is 0 Å². The third-order valence-corrected chi connectivity index (χ3v) is 0.565. The minimum Gasteiger partial charge on any atom is -0.299 e. The topological polar surface area (TPSA) is 57.5 Å². The zero-order valence-corrected chi connectivity index (χ0v) is 4.64. The first-order chi connectivity index (χ1) is 3.27. The first-order valence-corrected chi connectivity index (χ1v) is 2.06. The lowest BCUT2D eigenvalue weighted by atomic mass is 10.5. The minimum atomic E-state index is 0.0201. The normalized spacial score (nSPS) is 6.29. The molecule has 0 aromatic heterocycles. The van der Waals surface area contributed by atoms with E-state index < -0.39 is 0 Å². The number of carbonyl (C=O) groups excluding carboxylic acids is 1. The molecular weight excluding hydrogens is 119 g/mol. The molecule has 0 bridgehead atoms. The number of hydrogen-bond acceptors (Lipinski definition) is 3. The number of ketones is 1. The van der Waals surface area contributed by atoms with Crippen LogP contribution in [0.3, 0.4) is 0 Å². The SMILES string of the molecule is CC(=O)CCl.OO. The van der Waals surface area contributed by atoms with Crippen molar-refractivity contribution in [2.45, 2.75) is 6.92 Å². The summed E-state index contributed by atoms with van der Waals surface area (Å²) in [5.41, 5.74) is 0. The van der Waals surface area contributed by atoms with Gasteiger partial charge in [-0.1, -0.05) is 0 Å². The van der Waals surface area contributed by atoms with Crippen LogP contribution in [0.4, 0.5) is 0 Å². The van der Waals surface area contributed by atoms with Crippen molar-refractivity contribution < 1.29 is 15.3 Å². The summed E-state index contributed by atoms with van der Waals surface area (Å²) in [6.45, 7) is 1.45. The monoisotopic (exact) mass is 126 g/mol. The van der Waals surface area contributed by atoms with E-state index in [-0.39, 0.29) is 11.7 Å². The van der Waals surface area contributed by atoms with Crippen molar-refractivity contribution in [3.8, 4) is 0 Å². The molecule has 0 amide bonds. The molecule has 0 saturated heterocycles. The summed E-state index contributed by atoms with van der Waals surface area (Å²) in [7, 11) is 0. The average molecular weight is 127 g/mol. The summed E-state index contributed by atoms with van der Waals surface area (Å²) in [4.78, 5) is 9.68. The van der Waals surface area contributed by atoms with Crippen LogP contribution in [0.15, 0.2) is 0 Å². The van der Waals surface area contributed by atoms with Gasteiger partial charge in [0.25, 0.3) is 0 Å². The van der Waals surface area contributed by atoms with E-state index in [1.165, 1.54) is 6.92 Å². The van der Waals surface area contributed by atoms with Crippen LogP contribution >= 0.6 is 11.6 Å². The molecule has 0 fully saturated rings. The van der Waals surface area contributed by atoms with E-state index in [2.05, 4.69) is 0 Å². The number of alkyl halides is 1. The Hall–Kier alpha value is -0.120. The van der Waals surface area contributed by atoms with Crippen LogP contribution in [0.5, 0.6) is 0 Å². The Labute approximate surface area is 46.5 Å². The predicted molar refractivity (Wildman–Crippen MR) is 26.7 cm³/mol. The van der Waals surface area contributed by atoms with Crippen molar-refractivity contribution >= 4 is 17.4 Å². The third-order valence-electron chi connectivity index (χ3n) is 0.188. The number of Topliss-reactive ketones (excluding diaryl/α,β-unsaturated/α-hetero) is 1. The molecule has 0 aliphatic rings.